The first-order chi connectivity index (χ1) is 10.2. The fourth-order valence-corrected chi connectivity index (χ4v) is 2.29. The van der Waals surface area contributed by atoms with Gasteiger partial charge in [-0.25, -0.2) is 0 Å². The number of likely N-dealkylation sites (N-methyl/N-ethyl adjacent to an activating group) is 1. The summed E-state index contributed by atoms with van der Waals surface area (Å²) in [6.45, 7) is 3.45. The number of nitrogens with one attached hydrogen (secondary N) is 1. The summed E-state index contributed by atoms with van der Waals surface area (Å²) in [6.07, 6.45) is 0.0427. The first-order valence-electron chi connectivity index (χ1n) is 7.18. The van der Waals surface area contributed by atoms with Crippen LogP contribution in [0.3, 0.4) is 0 Å². The lowest BCUT2D eigenvalue weighted by Crippen LogP contribution is -2.19. The molecule has 0 aliphatic rings. The van der Waals surface area contributed by atoms with Crippen molar-refractivity contribution in [2.75, 3.05) is 20.7 Å². The van der Waals surface area contributed by atoms with Crippen LogP contribution in [0.2, 0.25) is 0 Å². The summed E-state index contributed by atoms with van der Waals surface area (Å²) in [5.74, 6) is 0.858. The lowest BCUT2D eigenvalue weighted by Gasteiger charge is -2.19. The maximum atomic E-state index is 6.09. The van der Waals surface area contributed by atoms with Crippen LogP contribution in [0.15, 0.2) is 48.5 Å². The van der Waals surface area contributed by atoms with Crippen LogP contribution in [0, 0.1) is 6.92 Å². The van der Waals surface area contributed by atoms with Gasteiger partial charge in [0.1, 0.15) is 5.75 Å². The van der Waals surface area contributed by atoms with E-state index in [4.69, 9.17) is 9.47 Å². The van der Waals surface area contributed by atoms with E-state index in [9.17, 15) is 0 Å². The number of ether oxygens (including phenoxy) is 2. The molecular formula is C18H23NO2. The molecule has 3 nitrogen and oxygen atoms in total. The van der Waals surface area contributed by atoms with Gasteiger partial charge in [0.2, 0.25) is 0 Å². The Bertz CT molecular complexity index is 569. The summed E-state index contributed by atoms with van der Waals surface area (Å²) < 4.78 is 11.3. The van der Waals surface area contributed by atoms with Gasteiger partial charge in [0.25, 0.3) is 0 Å². The van der Waals surface area contributed by atoms with E-state index in [1.54, 1.807) is 7.11 Å². The Kier molecular flexibility index (Phi) is 5.78. The fourth-order valence-electron chi connectivity index (χ4n) is 2.29. The predicted octanol–water partition coefficient (Wildman–Crippen LogP) is 3.48. The summed E-state index contributed by atoms with van der Waals surface area (Å²) in [6, 6.07) is 16.4. The molecule has 1 atom stereocenters. The highest BCUT2D eigenvalue weighted by atomic mass is 16.5. The zero-order chi connectivity index (χ0) is 15.1. The van der Waals surface area contributed by atoms with Crippen LogP contribution in [0.5, 0.6) is 5.75 Å². The quantitative estimate of drug-likeness (QED) is 0.845. The molecule has 0 aromatic heterocycles. The van der Waals surface area contributed by atoms with Gasteiger partial charge in [-0.1, -0.05) is 42.0 Å². The van der Waals surface area contributed by atoms with Gasteiger partial charge in [0.15, 0.2) is 0 Å². The van der Waals surface area contributed by atoms with E-state index in [0.29, 0.717) is 6.61 Å². The molecule has 0 aliphatic carbocycles. The summed E-state index contributed by atoms with van der Waals surface area (Å²) in [5.41, 5.74) is 3.56. The molecule has 2 rings (SSSR count). The Hall–Kier alpha value is -1.84. The molecule has 0 saturated heterocycles. The lowest BCUT2D eigenvalue weighted by molar-refractivity contribution is 0.0409. The van der Waals surface area contributed by atoms with Crippen molar-refractivity contribution >= 4 is 0 Å². The maximum absolute atomic E-state index is 6.09. The Morgan fingerprint density at radius 2 is 1.90 bits per heavy atom. The smallest absolute Gasteiger partial charge is 0.119 e. The van der Waals surface area contributed by atoms with Crippen LogP contribution in [0.25, 0.3) is 0 Å². The van der Waals surface area contributed by atoms with E-state index in [2.05, 4.69) is 42.6 Å². The van der Waals surface area contributed by atoms with Crippen LogP contribution >= 0.6 is 0 Å². The molecule has 0 bridgehead atoms. The van der Waals surface area contributed by atoms with Crippen molar-refractivity contribution in [1.82, 2.24) is 5.32 Å². The number of hydrogen-bond donors (Lipinski definition) is 1. The second kappa shape index (κ2) is 7.81. The number of methoxy groups -OCH3 is 1. The van der Waals surface area contributed by atoms with Crippen LogP contribution in [0.4, 0.5) is 0 Å². The highest BCUT2D eigenvalue weighted by Crippen LogP contribution is 2.21. The Morgan fingerprint density at radius 3 is 2.62 bits per heavy atom. The van der Waals surface area contributed by atoms with E-state index in [1.807, 2.05) is 25.2 Å². The highest BCUT2D eigenvalue weighted by molar-refractivity contribution is 5.28. The highest BCUT2D eigenvalue weighted by Gasteiger charge is 2.11. The predicted molar refractivity (Wildman–Crippen MR) is 85.6 cm³/mol. The van der Waals surface area contributed by atoms with Gasteiger partial charge in [-0.15, -0.1) is 0 Å². The van der Waals surface area contributed by atoms with E-state index >= 15 is 0 Å². The van der Waals surface area contributed by atoms with Crippen LogP contribution < -0.4 is 10.1 Å². The zero-order valence-electron chi connectivity index (χ0n) is 12.9. The first kappa shape index (κ1) is 15.5. The number of hydrogen-bond acceptors (Lipinski definition) is 3. The molecule has 0 spiro atoms. The van der Waals surface area contributed by atoms with Crippen molar-refractivity contribution in [2.45, 2.75) is 19.6 Å². The van der Waals surface area contributed by atoms with E-state index in [0.717, 1.165) is 17.9 Å². The Morgan fingerprint density at radius 1 is 1.10 bits per heavy atom. The molecule has 2 aromatic carbocycles. The molecular weight excluding hydrogens is 262 g/mol. The minimum absolute atomic E-state index is 0.0427. The number of aryl methyl sites for hydroxylation is 1. The van der Waals surface area contributed by atoms with Crippen LogP contribution in [0.1, 0.15) is 22.8 Å². The van der Waals surface area contributed by atoms with Gasteiger partial charge in [0, 0.05) is 6.54 Å². The third kappa shape index (κ3) is 4.59. The van der Waals surface area contributed by atoms with Crippen molar-refractivity contribution in [2.24, 2.45) is 0 Å². The minimum Gasteiger partial charge on any atom is -0.497 e. The third-order valence-corrected chi connectivity index (χ3v) is 3.39. The van der Waals surface area contributed by atoms with Crippen molar-refractivity contribution in [3.05, 3.63) is 65.2 Å². The van der Waals surface area contributed by atoms with Gasteiger partial charge in [-0.3, -0.25) is 0 Å². The van der Waals surface area contributed by atoms with Crippen molar-refractivity contribution in [3.8, 4) is 5.75 Å². The standard InChI is InChI=1S/C18H23NO2/c1-14-6-4-8-16(10-14)18(12-19-2)21-13-15-7-5-9-17(11-15)20-3/h4-11,18-19H,12-13H2,1-3H3. The molecule has 3 heteroatoms. The normalized spacial score (nSPS) is 12.1. The summed E-state index contributed by atoms with van der Waals surface area (Å²) in [7, 11) is 3.62. The third-order valence-electron chi connectivity index (χ3n) is 3.39. The largest absolute Gasteiger partial charge is 0.497 e. The monoisotopic (exact) mass is 285 g/mol. The lowest BCUT2D eigenvalue weighted by atomic mass is 10.1. The van der Waals surface area contributed by atoms with Gasteiger partial charge in [-0.2, -0.15) is 0 Å². The van der Waals surface area contributed by atoms with Crippen molar-refractivity contribution in [3.63, 3.8) is 0 Å². The average Bonchev–Trinajstić information content (AvgIpc) is 2.51. The molecule has 0 aliphatic heterocycles. The van der Waals surface area contributed by atoms with Crippen molar-refractivity contribution in [1.29, 1.82) is 0 Å². The Labute approximate surface area is 126 Å². The van der Waals surface area contributed by atoms with Gasteiger partial charge < -0.3 is 14.8 Å². The second-order valence-corrected chi connectivity index (χ2v) is 5.12. The van der Waals surface area contributed by atoms with E-state index in [-0.39, 0.29) is 6.10 Å². The summed E-state index contributed by atoms with van der Waals surface area (Å²) in [4.78, 5) is 0. The Balaban J connectivity index is 2.06. The van der Waals surface area contributed by atoms with Gasteiger partial charge >= 0.3 is 0 Å². The average molecular weight is 285 g/mol. The first-order valence-corrected chi connectivity index (χ1v) is 7.18. The second-order valence-electron chi connectivity index (χ2n) is 5.12. The number of benzene rings is 2. The summed E-state index contributed by atoms with van der Waals surface area (Å²) >= 11 is 0. The molecule has 21 heavy (non-hydrogen) atoms. The molecule has 0 radical (unpaired) electrons. The SMILES string of the molecule is CNCC(OCc1cccc(OC)c1)c1cccc(C)c1. The fraction of sp³-hybridized carbons (Fsp3) is 0.333. The zero-order valence-corrected chi connectivity index (χ0v) is 12.9. The molecule has 2 aromatic rings. The number of rotatable bonds is 7. The molecule has 112 valence electrons. The van der Waals surface area contributed by atoms with Gasteiger partial charge in [0.05, 0.1) is 19.8 Å². The minimum atomic E-state index is 0.0427. The van der Waals surface area contributed by atoms with Crippen molar-refractivity contribution < 1.29 is 9.47 Å². The van der Waals surface area contributed by atoms with Gasteiger partial charge in [-0.05, 0) is 37.2 Å². The molecule has 1 N–H and O–H groups in total. The molecule has 1 unspecified atom stereocenters. The molecule has 0 amide bonds. The van der Waals surface area contributed by atoms with Crippen LogP contribution in [-0.4, -0.2) is 20.7 Å². The molecule has 0 heterocycles. The molecule has 0 saturated carbocycles. The maximum Gasteiger partial charge on any atom is 0.119 e. The van der Waals surface area contributed by atoms with E-state index in [1.165, 1.54) is 11.1 Å². The molecule has 0 fully saturated rings. The summed E-state index contributed by atoms with van der Waals surface area (Å²) in [5, 5.41) is 3.19. The van der Waals surface area contributed by atoms with E-state index < -0.39 is 0 Å². The van der Waals surface area contributed by atoms with Crippen LogP contribution in [-0.2, 0) is 11.3 Å². The topological polar surface area (TPSA) is 30.5 Å².